The Bertz CT molecular complexity index is 1200. The van der Waals surface area contributed by atoms with Gasteiger partial charge in [0.25, 0.3) is 0 Å². The number of ether oxygens (including phenoxy) is 1. The molecule has 3 aromatic heterocycles. The van der Waals surface area contributed by atoms with Crippen LogP contribution in [0, 0.1) is 12.7 Å². The molecule has 0 saturated carbocycles. The van der Waals surface area contributed by atoms with Gasteiger partial charge in [-0.05, 0) is 32.4 Å². The average molecular weight is 532 g/mol. The van der Waals surface area contributed by atoms with E-state index < -0.39 is 34.5 Å². The number of hydrogen-bond donors (Lipinski definition) is 3. The van der Waals surface area contributed by atoms with Crippen molar-refractivity contribution < 1.29 is 26.5 Å². The highest BCUT2D eigenvalue weighted by atomic mass is 32.2. The third kappa shape index (κ3) is 7.05. The van der Waals surface area contributed by atoms with E-state index in [-0.39, 0.29) is 17.7 Å². The normalized spacial score (nSPS) is 17.1. The first-order valence-corrected chi connectivity index (χ1v) is 12.6. The molecule has 0 bridgehead atoms. The maximum Gasteiger partial charge on any atom is 0.402 e. The van der Waals surface area contributed by atoms with Gasteiger partial charge >= 0.3 is 6.18 Å². The summed E-state index contributed by atoms with van der Waals surface area (Å²) in [5, 5.41) is 7.30. The van der Waals surface area contributed by atoms with E-state index in [0.717, 1.165) is 38.2 Å². The van der Waals surface area contributed by atoms with Crippen molar-refractivity contribution in [2.24, 2.45) is 0 Å². The fourth-order valence-corrected chi connectivity index (χ4v) is 4.86. The molecule has 188 valence electrons. The predicted octanol–water partition coefficient (Wildman–Crippen LogP) is 4.04. The number of nitrogens with zero attached hydrogens (tertiary/aromatic N) is 4. The molecule has 15 heteroatoms. The molecule has 1 saturated heterocycles. The van der Waals surface area contributed by atoms with Crippen LogP contribution in [0.1, 0.15) is 17.8 Å². The van der Waals surface area contributed by atoms with Gasteiger partial charge in [-0.2, -0.15) is 13.2 Å². The maximum atomic E-state index is 14.4. The molecule has 1 aliphatic rings. The van der Waals surface area contributed by atoms with Crippen LogP contribution >= 0.6 is 11.3 Å². The van der Waals surface area contributed by atoms with Crippen molar-refractivity contribution in [1.29, 1.82) is 0 Å². The third-order valence-electron chi connectivity index (χ3n) is 4.76. The molecule has 3 N–H and O–H groups in total. The smallest absolute Gasteiger partial charge is 0.402 e. The number of halogens is 4. The zero-order valence-corrected chi connectivity index (χ0v) is 20.0. The van der Waals surface area contributed by atoms with Crippen LogP contribution in [0.25, 0.3) is 10.6 Å². The summed E-state index contributed by atoms with van der Waals surface area (Å²) < 4.78 is 70.6. The lowest BCUT2D eigenvalue weighted by atomic mass is 10.1. The van der Waals surface area contributed by atoms with Gasteiger partial charge in [0.15, 0.2) is 17.4 Å². The SMILES string of the molecule is Cc1nc(Oc2cnc(NS(=O)CC(F)(F)F)c(F)c2)c(-c2ccnc(NC3CCCNC3)n2)s1. The number of alkyl halides is 3. The van der Waals surface area contributed by atoms with Gasteiger partial charge in [-0.15, -0.1) is 11.3 Å². The summed E-state index contributed by atoms with van der Waals surface area (Å²) >= 11 is 1.32. The Morgan fingerprint density at radius 1 is 1.31 bits per heavy atom. The van der Waals surface area contributed by atoms with E-state index >= 15 is 0 Å². The minimum Gasteiger partial charge on any atom is -0.436 e. The number of anilines is 2. The van der Waals surface area contributed by atoms with E-state index in [9.17, 15) is 21.8 Å². The number of pyridine rings is 1. The van der Waals surface area contributed by atoms with E-state index in [0.29, 0.717) is 21.5 Å². The van der Waals surface area contributed by atoms with E-state index in [1.165, 1.54) is 11.3 Å². The van der Waals surface area contributed by atoms with Crippen molar-refractivity contribution >= 4 is 34.1 Å². The lowest BCUT2D eigenvalue weighted by Gasteiger charge is -2.23. The number of aryl methyl sites for hydroxylation is 1. The number of piperidine rings is 1. The quantitative estimate of drug-likeness (QED) is 0.374. The second kappa shape index (κ2) is 10.8. The van der Waals surface area contributed by atoms with Gasteiger partial charge in [0.2, 0.25) is 11.8 Å². The van der Waals surface area contributed by atoms with Crippen molar-refractivity contribution in [3.8, 4) is 22.2 Å². The highest BCUT2D eigenvalue weighted by Crippen LogP contribution is 2.37. The molecule has 0 amide bonds. The van der Waals surface area contributed by atoms with Gasteiger partial charge in [-0.25, -0.2) is 28.5 Å². The van der Waals surface area contributed by atoms with Crippen molar-refractivity contribution in [2.45, 2.75) is 32.0 Å². The third-order valence-corrected chi connectivity index (χ3v) is 6.74. The molecule has 35 heavy (non-hydrogen) atoms. The number of nitrogens with one attached hydrogen (secondary N) is 3. The molecule has 3 aromatic rings. The van der Waals surface area contributed by atoms with Crippen LogP contribution in [-0.2, 0) is 11.0 Å². The summed E-state index contributed by atoms with van der Waals surface area (Å²) in [6, 6.07) is 2.83. The van der Waals surface area contributed by atoms with Gasteiger partial charge in [0.1, 0.15) is 21.6 Å². The Balaban J connectivity index is 1.49. The monoisotopic (exact) mass is 531 g/mol. The molecule has 0 radical (unpaired) electrons. The first kappa shape index (κ1) is 25.2. The molecule has 4 heterocycles. The number of rotatable bonds is 8. The Morgan fingerprint density at radius 3 is 2.86 bits per heavy atom. The van der Waals surface area contributed by atoms with Crippen molar-refractivity contribution in [3.63, 3.8) is 0 Å². The van der Waals surface area contributed by atoms with Crippen LogP contribution < -0.4 is 20.1 Å². The van der Waals surface area contributed by atoms with Crippen LogP contribution in [0.15, 0.2) is 24.5 Å². The molecule has 0 spiro atoms. The zero-order chi connectivity index (χ0) is 25.0. The molecular formula is C20H21F4N7O2S2. The van der Waals surface area contributed by atoms with Crippen LogP contribution in [0.5, 0.6) is 11.6 Å². The van der Waals surface area contributed by atoms with Gasteiger partial charge in [-0.1, -0.05) is 0 Å². The number of thiazole rings is 1. The summed E-state index contributed by atoms with van der Waals surface area (Å²) in [5.74, 6) is -2.66. The van der Waals surface area contributed by atoms with Crippen LogP contribution in [0.2, 0.25) is 0 Å². The topological polar surface area (TPSA) is 114 Å². The fourth-order valence-electron chi connectivity index (χ4n) is 3.31. The lowest BCUT2D eigenvalue weighted by Crippen LogP contribution is -2.38. The largest absolute Gasteiger partial charge is 0.436 e. The number of aromatic nitrogens is 4. The van der Waals surface area contributed by atoms with Crippen LogP contribution in [-0.4, -0.2) is 55.2 Å². The lowest BCUT2D eigenvalue weighted by molar-refractivity contribution is -0.105. The minimum absolute atomic E-state index is 0.0399. The van der Waals surface area contributed by atoms with E-state index in [4.69, 9.17) is 4.74 Å². The van der Waals surface area contributed by atoms with Crippen LogP contribution in [0.4, 0.5) is 29.3 Å². The molecule has 1 fully saturated rings. The second-order valence-electron chi connectivity index (χ2n) is 7.63. The molecular weight excluding hydrogens is 510 g/mol. The minimum atomic E-state index is -4.67. The zero-order valence-electron chi connectivity index (χ0n) is 18.4. The summed E-state index contributed by atoms with van der Waals surface area (Å²) in [5.41, 5.74) is 0.557. The number of hydrogen-bond acceptors (Lipinski definition) is 9. The predicted molar refractivity (Wildman–Crippen MR) is 124 cm³/mol. The van der Waals surface area contributed by atoms with Gasteiger partial charge in [0.05, 0.1) is 16.9 Å². The highest BCUT2D eigenvalue weighted by Gasteiger charge is 2.31. The van der Waals surface area contributed by atoms with Gasteiger partial charge < -0.3 is 15.4 Å². The molecule has 9 nitrogen and oxygen atoms in total. The Morgan fingerprint density at radius 2 is 2.14 bits per heavy atom. The summed E-state index contributed by atoms with van der Waals surface area (Å²) in [6.07, 6.45) is 0.0997. The van der Waals surface area contributed by atoms with E-state index in [1.807, 2.05) is 4.72 Å². The standard InChI is InChI=1S/C20H21F4N7O2S2/c1-11-28-18(33-13-7-14(21)17(27-9-13)31-35(32)10-20(22,23)24)16(34-11)15-4-6-26-19(30-15)29-12-3-2-5-25-8-12/h4,6-7,9,12,25H,2-3,5,8,10H2,1H3,(H,27,31)(H,26,29,30). The molecule has 4 rings (SSSR count). The maximum absolute atomic E-state index is 14.4. The highest BCUT2D eigenvalue weighted by molar-refractivity contribution is 7.86. The molecule has 2 unspecified atom stereocenters. The van der Waals surface area contributed by atoms with Crippen molar-refractivity contribution in [1.82, 2.24) is 25.3 Å². The second-order valence-corrected chi connectivity index (χ2v) is 10.0. The van der Waals surface area contributed by atoms with Gasteiger partial charge in [0, 0.05) is 24.8 Å². The van der Waals surface area contributed by atoms with Crippen molar-refractivity contribution in [3.05, 3.63) is 35.4 Å². The molecule has 2 atom stereocenters. The van der Waals surface area contributed by atoms with Gasteiger partial charge in [-0.3, -0.25) is 4.72 Å². The molecule has 1 aliphatic heterocycles. The summed E-state index contributed by atoms with van der Waals surface area (Å²) in [6.45, 7) is 3.57. The van der Waals surface area contributed by atoms with Crippen LogP contribution in [0.3, 0.4) is 0 Å². The Labute approximate surface area is 204 Å². The van der Waals surface area contributed by atoms with Crippen molar-refractivity contribution in [2.75, 3.05) is 28.9 Å². The Hall–Kier alpha value is -2.91. The molecule has 0 aliphatic carbocycles. The fraction of sp³-hybridized carbons (Fsp3) is 0.400. The van der Waals surface area contributed by atoms with E-state index in [1.54, 1.807) is 19.2 Å². The first-order valence-electron chi connectivity index (χ1n) is 10.5. The molecule has 0 aromatic carbocycles. The van der Waals surface area contributed by atoms with E-state index in [2.05, 4.69) is 30.6 Å². The Kier molecular flexibility index (Phi) is 7.76. The first-order chi connectivity index (χ1) is 16.7. The summed E-state index contributed by atoms with van der Waals surface area (Å²) in [7, 11) is -2.58. The average Bonchev–Trinajstić information content (AvgIpc) is 3.15. The summed E-state index contributed by atoms with van der Waals surface area (Å²) in [4.78, 5) is 17.5.